The Hall–Kier alpha value is -1.94. The van der Waals surface area contributed by atoms with Crippen LogP contribution in [0.3, 0.4) is 0 Å². The number of nitrogens with one attached hydrogen (secondary N) is 1. The van der Waals surface area contributed by atoms with Crippen molar-refractivity contribution in [2.24, 2.45) is 0 Å². The Morgan fingerprint density at radius 2 is 1.91 bits per heavy atom. The van der Waals surface area contributed by atoms with Gasteiger partial charge in [0.1, 0.15) is 0 Å². The van der Waals surface area contributed by atoms with Gasteiger partial charge < -0.3 is 11.1 Å². The molecule has 0 spiro atoms. The van der Waals surface area contributed by atoms with E-state index >= 15 is 0 Å². The van der Waals surface area contributed by atoms with Gasteiger partial charge in [0.25, 0.3) is 0 Å². The van der Waals surface area contributed by atoms with Gasteiger partial charge in [-0.1, -0.05) is 37.1 Å². The molecule has 1 fully saturated rings. The minimum absolute atomic E-state index is 0.00456. The van der Waals surface area contributed by atoms with Crippen LogP contribution in [0.5, 0.6) is 0 Å². The Morgan fingerprint density at radius 3 is 2.70 bits per heavy atom. The number of para-hydroxylation sites is 1. The molecular weight excluding hydrogens is 304 g/mol. The summed E-state index contributed by atoms with van der Waals surface area (Å²) in [6, 6.07) is 15.6. The van der Waals surface area contributed by atoms with E-state index in [2.05, 4.69) is 11.4 Å². The number of benzene rings is 2. The second-order valence-corrected chi connectivity index (χ2v) is 7.33. The SMILES string of the molecule is Nc1cccc(CC(=O)Nc2ccccc2SC2CCCC2)c1. The van der Waals surface area contributed by atoms with E-state index in [0.717, 1.165) is 11.3 Å². The summed E-state index contributed by atoms with van der Waals surface area (Å²) < 4.78 is 0. The number of hydrogen-bond acceptors (Lipinski definition) is 3. The van der Waals surface area contributed by atoms with Crippen LogP contribution in [-0.2, 0) is 11.2 Å². The molecule has 0 aliphatic heterocycles. The maximum atomic E-state index is 12.3. The number of rotatable bonds is 5. The molecule has 0 atom stereocenters. The highest BCUT2D eigenvalue weighted by atomic mass is 32.2. The van der Waals surface area contributed by atoms with Crippen molar-refractivity contribution in [2.45, 2.75) is 42.2 Å². The van der Waals surface area contributed by atoms with Crippen LogP contribution in [0.1, 0.15) is 31.2 Å². The first-order valence-corrected chi connectivity index (χ1v) is 8.98. The normalized spacial score (nSPS) is 14.8. The molecule has 2 aromatic rings. The second kappa shape index (κ2) is 7.55. The summed E-state index contributed by atoms with van der Waals surface area (Å²) in [4.78, 5) is 13.5. The summed E-state index contributed by atoms with van der Waals surface area (Å²) in [7, 11) is 0. The summed E-state index contributed by atoms with van der Waals surface area (Å²) in [6.07, 6.45) is 5.53. The third-order valence-corrected chi connectivity index (χ3v) is 5.49. The Kier molecular flexibility index (Phi) is 5.23. The van der Waals surface area contributed by atoms with E-state index in [1.165, 1.54) is 30.6 Å². The highest BCUT2D eigenvalue weighted by Gasteiger charge is 2.18. The molecule has 1 saturated carbocycles. The fourth-order valence-corrected chi connectivity index (χ4v) is 4.27. The van der Waals surface area contributed by atoms with Gasteiger partial charge in [0.05, 0.1) is 12.1 Å². The number of amides is 1. The Labute approximate surface area is 141 Å². The molecule has 0 radical (unpaired) electrons. The van der Waals surface area contributed by atoms with Gasteiger partial charge in [-0.2, -0.15) is 0 Å². The molecule has 2 aromatic carbocycles. The van der Waals surface area contributed by atoms with Crippen molar-refractivity contribution >= 4 is 29.0 Å². The number of anilines is 2. The predicted molar refractivity (Wildman–Crippen MR) is 97.7 cm³/mol. The van der Waals surface area contributed by atoms with Crippen molar-refractivity contribution in [1.29, 1.82) is 0 Å². The van der Waals surface area contributed by atoms with Crippen LogP contribution in [0.25, 0.3) is 0 Å². The molecule has 0 bridgehead atoms. The van der Waals surface area contributed by atoms with Gasteiger partial charge in [-0.05, 0) is 42.7 Å². The molecule has 3 nitrogen and oxygen atoms in total. The van der Waals surface area contributed by atoms with E-state index < -0.39 is 0 Å². The molecule has 1 aliphatic carbocycles. The van der Waals surface area contributed by atoms with Gasteiger partial charge >= 0.3 is 0 Å². The molecule has 1 aliphatic rings. The lowest BCUT2D eigenvalue weighted by molar-refractivity contribution is -0.115. The largest absolute Gasteiger partial charge is 0.399 e. The van der Waals surface area contributed by atoms with Crippen molar-refractivity contribution in [3.05, 3.63) is 54.1 Å². The summed E-state index contributed by atoms with van der Waals surface area (Å²) in [6.45, 7) is 0. The van der Waals surface area contributed by atoms with Crippen LogP contribution in [0, 0.1) is 0 Å². The van der Waals surface area contributed by atoms with Crippen LogP contribution in [0.2, 0.25) is 0 Å². The van der Waals surface area contributed by atoms with Crippen LogP contribution in [0.4, 0.5) is 11.4 Å². The summed E-state index contributed by atoms with van der Waals surface area (Å²) in [5.74, 6) is -0.00456. The van der Waals surface area contributed by atoms with Crippen molar-refractivity contribution in [1.82, 2.24) is 0 Å². The van der Waals surface area contributed by atoms with Gasteiger partial charge in [-0.15, -0.1) is 11.8 Å². The quantitative estimate of drug-likeness (QED) is 0.796. The lowest BCUT2D eigenvalue weighted by Gasteiger charge is -2.14. The Bertz CT molecular complexity index is 681. The van der Waals surface area contributed by atoms with Gasteiger partial charge in [0.15, 0.2) is 0 Å². The number of nitrogens with two attached hydrogens (primary N) is 1. The smallest absolute Gasteiger partial charge is 0.228 e. The lowest BCUT2D eigenvalue weighted by Crippen LogP contribution is -2.15. The minimum Gasteiger partial charge on any atom is -0.399 e. The van der Waals surface area contributed by atoms with Crippen molar-refractivity contribution < 1.29 is 4.79 Å². The third kappa shape index (κ3) is 4.52. The van der Waals surface area contributed by atoms with Crippen LogP contribution in [0.15, 0.2) is 53.4 Å². The van der Waals surface area contributed by atoms with E-state index in [1.54, 1.807) is 0 Å². The third-order valence-electron chi connectivity index (χ3n) is 4.07. The maximum Gasteiger partial charge on any atom is 0.228 e. The molecule has 1 amide bonds. The van der Waals surface area contributed by atoms with Gasteiger partial charge in [-0.25, -0.2) is 0 Å². The molecular formula is C19H22N2OS. The zero-order valence-electron chi connectivity index (χ0n) is 13.1. The molecule has 0 heterocycles. The number of nitrogen functional groups attached to an aromatic ring is 1. The molecule has 23 heavy (non-hydrogen) atoms. The first kappa shape index (κ1) is 15.9. The van der Waals surface area contributed by atoms with Gasteiger partial charge in [0, 0.05) is 15.8 Å². The number of hydrogen-bond donors (Lipinski definition) is 2. The Balaban J connectivity index is 1.65. The van der Waals surface area contributed by atoms with Crippen LogP contribution < -0.4 is 11.1 Å². The zero-order valence-corrected chi connectivity index (χ0v) is 13.9. The fourth-order valence-electron chi connectivity index (χ4n) is 2.94. The standard InChI is InChI=1S/C19H22N2OS/c20-15-7-5-6-14(12-15)13-19(22)21-17-10-3-4-11-18(17)23-16-8-1-2-9-16/h3-7,10-12,16H,1-2,8-9,13,20H2,(H,21,22). The summed E-state index contributed by atoms with van der Waals surface area (Å²) in [5.41, 5.74) is 8.30. The van der Waals surface area contributed by atoms with Gasteiger partial charge in [-0.3, -0.25) is 4.79 Å². The molecule has 0 aromatic heterocycles. The summed E-state index contributed by atoms with van der Waals surface area (Å²) >= 11 is 1.89. The summed E-state index contributed by atoms with van der Waals surface area (Å²) in [5, 5.41) is 3.73. The van der Waals surface area contributed by atoms with E-state index in [9.17, 15) is 4.79 Å². The Morgan fingerprint density at radius 1 is 1.13 bits per heavy atom. The van der Waals surface area contributed by atoms with Crippen LogP contribution in [-0.4, -0.2) is 11.2 Å². The first-order chi connectivity index (χ1) is 11.2. The monoisotopic (exact) mass is 326 g/mol. The van der Waals surface area contributed by atoms with E-state index in [4.69, 9.17) is 5.73 Å². The fraction of sp³-hybridized carbons (Fsp3) is 0.316. The molecule has 3 rings (SSSR count). The number of carbonyl (C=O) groups excluding carboxylic acids is 1. The minimum atomic E-state index is -0.00456. The molecule has 3 N–H and O–H groups in total. The van der Waals surface area contributed by atoms with Gasteiger partial charge in [0.2, 0.25) is 5.91 Å². The lowest BCUT2D eigenvalue weighted by atomic mass is 10.1. The maximum absolute atomic E-state index is 12.3. The first-order valence-electron chi connectivity index (χ1n) is 8.10. The predicted octanol–water partition coefficient (Wildman–Crippen LogP) is 4.48. The van der Waals surface area contributed by atoms with E-state index in [0.29, 0.717) is 17.4 Å². The zero-order chi connectivity index (χ0) is 16.1. The molecule has 0 unspecified atom stereocenters. The second-order valence-electron chi connectivity index (χ2n) is 5.99. The van der Waals surface area contributed by atoms with E-state index in [-0.39, 0.29) is 5.91 Å². The van der Waals surface area contributed by atoms with E-state index in [1.807, 2.05) is 54.2 Å². The average Bonchev–Trinajstić information content (AvgIpc) is 3.02. The van der Waals surface area contributed by atoms with Crippen molar-refractivity contribution in [3.8, 4) is 0 Å². The topological polar surface area (TPSA) is 55.1 Å². The molecule has 0 saturated heterocycles. The van der Waals surface area contributed by atoms with Crippen LogP contribution >= 0.6 is 11.8 Å². The number of thioether (sulfide) groups is 1. The number of carbonyl (C=O) groups is 1. The molecule has 4 heteroatoms. The highest BCUT2D eigenvalue weighted by molar-refractivity contribution is 8.00. The van der Waals surface area contributed by atoms with Crippen molar-refractivity contribution in [2.75, 3.05) is 11.1 Å². The highest BCUT2D eigenvalue weighted by Crippen LogP contribution is 2.38. The average molecular weight is 326 g/mol. The van der Waals surface area contributed by atoms with Crippen molar-refractivity contribution in [3.63, 3.8) is 0 Å². The molecule has 120 valence electrons.